The molecule has 150 valence electrons. The van der Waals surface area contributed by atoms with Crippen molar-refractivity contribution < 1.29 is 9.90 Å². The zero-order chi connectivity index (χ0) is 19.4. The molecule has 0 aromatic carbocycles. The largest absolute Gasteiger partial charge is 0.478 e. The van der Waals surface area contributed by atoms with E-state index in [9.17, 15) is 9.90 Å². The molecule has 0 amide bonds. The van der Waals surface area contributed by atoms with E-state index in [1.54, 1.807) is 0 Å². The second-order valence-electron chi connectivity index (χ2n) is 11.9. The van der Waals surface area contributed by atoms with Gasteiger partial charge in [0.15, 0.2) is 0 Å². The highest BCUT2D eigenvalue weighted by Crippen LogP contribution is 2.79. The van der Waals surface area contributed by atoms with Crippen molar-refractivity contribution in [2.75, 3.05) is 0 Å². The molecule has 0 aromatic rings. The number of rotatable bonds is 2. The molecule has 0 aliphatic heterocycles. The summed E-state index contributed by atoms with van der Waals surface area (Å²) in [4.78, 5) is 12.7. The van der Waals surface area contributed by atoms with Gasteiger partial charge in [0, 0.05) is 11.0 Å². The van der Waals surface area contributed by atoms with Crippen LogP contribution in [0.2, 0.25) is 0 Å². The van der Waals surface area contributed by atoms with E-state index in [1.165, 1.54) is 44.1 Å². The van der Waals surface area contributed by atoms with Gasteiger partial charge in [0.05, 0.1) is 0 Å². The first kappa shape index (κ1) is 18.3. The van der Waals surface area contributed by atoms with E-state index in [2.05, 4.69) is 34.6 Å². The van der Waals surface area contributed by atoms with Crippen LogP contribution in [0.4, 0.5) is 0 Å². The Hall–Kier alpha value is -0.790. The zero-order valence-electron chi connectivity index (χ0n) is 18.0. The number of carboxylic acid groups (broad SMARTS) is 1. The lowest BCUT2D eigenvalue weighted by Gasteiger charge is -2.49. The average Bonchev–Trinajstić information content (AvgIpc) is 3.23. The average molecular weight is 371 g/mol. The summed E-state index contributed by atoms with van der Waals surface area (Å²) in [5, 5.41) is 10.5. The van der Waals surface area contributed by atoms with E-state index in [4.69, 9.17) is 0 Å². The van der Waals surface area contributed by atoms with Gasteiger partial charge in [0.2, 0.25) is 0 Å². The summed E-state index contributed by atoms with van der Waals surface area (Å²) in [5.41, 5.74) is 2.97. The Kier molecular flexibility index (Phi) is 3.66. The second kappa shape index (κ2) is 5.42. The molecule has 2 nitrogen and oxygen atoms in total. The number of carbonyl (C=O) groups is 1. The molecule has 4 saturated carbocycles. The molecule has 4 fully saturated rings. The Morgan fingerprint density at radius 2 is 1.81 bits per heavy atom. The quantitative estimate of drug-likeness (QED) is 0.618. The van der Waals surface area contributed by atoms with Crippen LogP contribution in [0, 0.1) is 51.8 Å². The van der Waals surface area contributed by atoms with E-state index >= 15 is 0 Å². The van der Waals surface area contributed by atoms with Crippen LogP contribution in [0.25, 0.3) is 0 Å². The van der Waals surface area contributed by atoms with Crippen LogP contribution < -0.4 is 0 Å². The summed E-state index contributed by atoms with van der Waals surface area (Å²) in [7, 11) is 0. The lowest BCUT2D eigenvalue weighted by atomic mass is 9.54. The van der Waals surface area contributed by atoms with Crippen LogP contribution in [0.15, 0.2) is 11.1 Å². The fourth-order valence-electron chi connectivity index (χ4n) is 9.65. The third-order valence-electron chi connectivity index (χ3n) is 10.9. The molecule has 2 heteroatoms. The van der Waals surface area contributed by atoms with Gasteiger partial charge in [0.1, 0.15) is 0 Å². The van der Waals surface area contributed by atoms with Crippen LogP contribution in [0.1, 0.15) is 86.0 Å². The minimum absolute atomic E-state index is 0.0133. The van der Waals surface area contributed by atoms with Gasteiger partial charge in [-0.1, -0.05) is 40.2 Å². The third kappa shape index (κ3) is 1.96. The van der Waals surface area contributed by atoms with Crippen molar-refractivity contribution in [3.8, 4) is 0 Å². The molecule has 5 aliphatic carbocycles. The van der Waals surface area contributed by atoms with Gasteiger partial charge in [-0.15, -0.1) is 0 Å². The third-order valence-corrected chi connectivity index (χ3v) is 10.9. The molecule has 0 bridgehead atoms. The number of allylic oxidation sites excluding steroid dienone is 1. The summed E-state index contributed by atoms with van der Waals surface area (Å²) in [6, 6.07) is 0. The van der Waals surface area contributed by atoms with Gasteiger partial charge in [-0.25, -0.2) is 4.79 Å². The number of aliphatic carboxylic acids is 1. The number of hydrogen-bond acceptors (Lipinski definition) is 1. The predicted molar refractivity (Wildman–Crippen MR) is 108 cm³/mol. The molecule has 0 radical (unpaired) electrons. The molecule has 0 aromatic heterocycles. The van der Waals surface area contributed by atoms with Gasteiger partial charge >= 0.3 is 5.97 Å². The highest BCUT2D eigenvalue weighted by molar-refractivity contribution is 5.91. The summed E-state index contributed by atoms with van der Waals surface area (Å²) in [6.45, 7) is 12.2. The van der Waals surface area contributed by atoms with Crippen LogP contribution in [0.5, 0.6) is 0 Å². The standard InChI is InChI=1S/C25H38O2/c1-14(2)16-7-9-23(4)13-20-17(12-19(16)23)21(22(26)27)25-11-6-15(3)18(25)8-10-24(20,25)5/h14-16,18-20H,6-13H2,1-5H3,(H,26,27)/t15-,16+,18+,19+,20+,23-,24+,25+/m1/s1. The molecule has 1 N–H and O–H groups in total. The highest BCUT2D eigenvalue weighted by Gasteiger charge is 2.72. The Morgan fingerprint density at radius 3 is 2.48 bits per heavy atom. The molecule has 0 unspecified atom stereocenters. The van der Waals surface area contributed by atoms with Crippen molar-refractivity contribution in [2.24, 2.45) is 51.8 Å². The summed E-state index contributed by atoms with van der Waals surface area (Å²) in [6.07, 6.45) is 9.92. The number of hydrogen-bond donors (Lipinski definition) is 1. The first-order valence-electron chi connectivity index (χ1n) is 11.6. The lowest BCUT2D eigenvalue weighted by molar-refractivity contribution is -0.135. The van der Waals surface area contributed by atoms with Crippen molar-refractivity contribution in [2.45, 2.75) is 86.0 Å². The highest BCUT2D eigenvalue weighted by atomic mass is 16.4. The zero-order valence-corrected chi connectivity index (χ0v) is 18.0. The first-order chi connectivity index (χ1) is 12.7. The van der Waals surface area contributed by atoms with Crippen LogP contribution in [-0.2, 0) is 4.79 Å². The second-order valence-corrected chi connectivity index (χ2v) is 11.9. The van der Waals surface area contributed by atoms with Crippen molar-refractivity contribution in [1.82, 2.24) is 0 Å². The molecule has 1 spiro atoms. The Bertz CT molecular complexity index is 720. The normalized spacial score (nSPS) is 53.5. The Labute approximate surface area is 165 Å². The summed E-state index contributed by atoms with van der Waals surface area (Å²) in [5.74, 6) is 3.47. The van der Waals surface area contributed by atoms with E-state index in [-0.39, 0.29) is 10.8 Å². The minimum atomic E-state index is -0.567. The van der Waals surface area contributed by atoms with Gasteiger partial charge < -0.3 is 5.11 Å². The first-order valence-corrected chi connectivity index (χ1v) is 11.6. The maximum atomic E-state index is 12.7. The van der Waals surface area contributed by atoms with Crippen molar-refractivity contribution >= 4 is 5.97 Å². The minimum Gasteiger partial charge on any atom is -0.478 e. The van der Waals surface area contributed by atoms with E-state index in [0.717, 1.165) is 30.3 Å². The predicted octanol–water partition coefficient (Wildman–Crippen LogP) is 6.31. The van der Waals surface area contributed by atoms with E-state index in [1.807, 2.05) is 0 Å². The summed E-state index contributed by atoms with van der Waals surface area (Å²) >= 11 is 0. The molecule has 27 heavy (non-hydrogen) atoms. The van der Waals surface area contributed by atoms with E-state index in [0.29, 0.717) is 29.1 Å². The molecule has 0 saturated heterocycles. The maximum absolute atomic E-state index is 12.7. The molecular weight excluding hydrogens is 332 g/mol. The number of fused-ring (bicyclic) bond motifs is 3. The van der Waals surface area contributed by atoms with Crippen molar-refractivity contribution in [3.05, 3.63) is 11.1 Å². The van der Waals surface area contributed by atoms with Gasteiger partial charge in [0.25, 0.3) is 0 Å². The Morgan fingerprint density at radius 1 is 1.07 bits per heavy atom. The topological polar surface area (TPSA) is 37.3 Å². The monoisotopic (exact) mass is 370 g/mol. The van der Waals surface area contributed by atoms with Gasteiger partial charge in [-0.05, 0) is 97.7 Å². The SMILES string of the molecule is CC(C)[C@@H]1CC[C@]2(C)C[C@H]3C(=C(C(=O)O)[C@]45CC[C@@H](C)[C@@H]4CC[C@@]35C)C[C@@H]12. The van der Waals surface area contributed by atoms with Crippen molar-refractivity contribution in [3.63, 3.8) is 0 Å². The van der Waals surface area contributed by atoms with Crippen LogP contribution in [0.3, 0.4) is 0 Å². The molecule has 8 atom stereocenters. The molecule has 0 heterocycles. The van der Waals surface area contributed by atoms with Gasteiger partial charge in [-0.3, -0.25) is 0 Å². The fourth-order valence-corrected chi connectivity index (χ4v) is 9.65. The fraction of sp³-hybridized carbons (Fsp3) is 0.880. The van der Waals surface area contributed by atoms with E-state index < -0.39 is 5.97 Å². The van der Waals surface area contributed by atoms with Crippen molar-refractivity contribution in [1.29, 1.82) is 0 Å². The Balaban J connectivity index is 1.66. The molecule has 5 rings (SSSR count). The number of carboxylic acids is 1. The van der Waals surface area contributed by atoms with Crippen LogP contribution >= 0.6 is 0 Å². The molecular formula is C25H38O2. The maximum Gasteiger partial charge on any atom is 0.332 e. The van der Waals surface area contributed by atoms with Crippen LogP contribution in [-0.4, -0.2) is 11.1 Å². The van der Waals surface area contributed by atoms with Gasteiger partial charge in [-0.2, -0.15) is 0 Å². The lowest BCUT2D eigenvalue weighted by Crippen LogP contribution is -2.43. The molecule has 5 aliphatic rings. The summed E-state index contributed by atoms with van der Waals surface area (Å²) < 4.78 is 0. The smallest absolute Gasteiger partial charge is 0.332 e.